The summed E-state index contributed by atoms with van der Waals surface area (Å²) >= 11 is 0. The molecule has 34 heavy (non-hydrogen) atoms. The molecule has 1 unspecified atom stereocenters. The Balaban J connectivity index is 1.56. The van der Waals surface area contributed by atoms with Crippen LogP contribution in [0.1, 0.15) is 60.3 Å². The third-order valence-corrected chi connectivity index (χ3v) is 6.26. The predicted molar refractivity (Wildman–Crippen MR) is 125 cm³/mol. The van der Waals surface area contributed by atoms with Crippen LogP contribution in [-0.2, 0) is 33.3 Å². The smallest absolute Gasteiger partial charge is 0.407 e. The van der Waals surface area contributed by atoms with Crippen LogP contribution in [0.4, 0.5) is 4.79 Å². The minimum absolute atomic E-state index is 0.0106. The molecule has 1 N–H and O–H groups in total. The molecule has 2 aliphatic rings. The van der Waals surface area contributed by atoms with Gasteiger partial charge < -0.3 is 29.0 Å². The van der Waals surface area contributed by atoms with Gasteiger partial charge in [-0.3, -0.25) is 4.79 Å². The Kier molecular flexibility index (Phi) is 10.8. The lowest BCUT2D eigenvalue weighted by Gasteiger charge is -2.28. The lowest BCUT2D eigenvalue weighted by atomic mass is 9.79. The average Bonchev–Trinajstić information content (AvgIpc) is 3.32. The summed E-state index contributed by atoms with van der Waals surface area (Å²) in [6.45, 7) is 15.1. The van der Waals surface area contributed by atoms with Crippen LogP contribution in [-0.4, -0.2) is 69.3 Å². The molecule has 2 saturated heterocycles. The highest BCUT2D eigenvalue weighted by Crippen LogP contribution is 2.33. The summed E-state index contributed by atoms with van der Waals surface area (Å²) in [5.74, 6) is -0.131. The molecule has 0 bridgehead atoms. The normalized spacial score (nSPS) is 24.7. The van der Waals surface area contributed by atoms with Crippen LogP contribution in [0.3, 0.4) is 0 Å². The Morgan fingerprint density at radius 2 is 1.79 bits per heavy atom. The second kappa shape index (κ2) is 13.1. The number of carbonyl (C=O) groups excluding carboxylic acids is 3. The first kappa shape index (κ1) is 28.1. The molecule has 5 atom stereocenters. The number of amides is 1. The van der Waals surface area contributed by atoms with E-state index < -0.39 is 12.1 Å². The minimum Gasteiger partial charge on any atom is -0.462 e. The summed E-state index contributed by atoms with van der Waals surface area (Å²) in [5.41, 5.74) is 0.252. The fraction of sp³-hybridized carbons (Fsp3) is 0.800. The number of rotatable bonds is 13. The Labute approximate surface area is 202 Å². The number of carbonyl (C=O) groups is 3. The number of esters is 2. The molecule has 0 aromatic heterocycles. The molecule has 1 amide bonds. The van der Waals surface area contributed by atoms with Crippen molar-refractivity contribution < 1.29 is 38.1 Å². The highest BCUT2D eigenvalue weighted by Gasteiger charge is 2.47. The van der Waals surface area contributed by atoms with Gasteiger partial charge in [0.1, 0.15) is 19.3 Å². The summed E-state index contributed by atoms with van der Waals surface area (Å²) in [6, 6.07) is 0. The van der Waals surface area contributed by atoms with E-state index in [4.69, 9.17) is 23.7 Å². The third kappa shape index (κ3) is 9.25. The molecule has 0 saturated carbocycles. The van der Waals surface area contributed by atoms with Crippen molar-refractivity contribution in [1.29, 1.82) is 0 Å². The van der Waals surface area contributed by atoms with Crippen molar-refractivity contribution >= 4 is 18.0 Å². The fourth-order valence-electron chi connectivity index (χ4n) is 4.43. The van der Waals surface area contributed by atoms with Crippen molar-refractivity contribution in [2.75, 3.05) is 33.0 Å². The maximum absolute atomic E-state index is 12.2. The third-order valence-electron chi connectivity index (χ3n) is 6.26. The molecule has 0 aromatic carbocycles. The van der Waals surface area contributed by atoms with E-state index in [1.165, 1.54) is 0 Å². The van der Waals surface area contributed by atoms with Gasteiger partial charge in [0.2, 0.25) is 0 Å². The zero-order valence-electron chi connectivity index (χ0n) is 21.2. The number of hydrogen-bond acceptors (Lipinski definition) is 8. The number of fused-ring (bicyclic) bond motifs is 1. The molecule has 9 nitrogen and oxygen atoms in total. The van der Waals surface area contributed by atoms with Gasteiger partial charge in [0.25, 0.3) is 0 Å². The van der Waals surface area contributed by atoms with Gasteiger partial charge in [0, 0.05) is 24.5 Å². The SMILES string of the molecule is C=C(C)C(=O)OCCOC(=O)CCC(C)(C)CC(C)CCNC(=O)O[C@@H]1CO[C@H]2[C@@H]1OC[C@@H]2C. The molecule has 2 heterocycles. The molecular formula is C25H41NO8. The van der Waals surface area contributed by atoms with Gasteiger partial charge in [0.15, 0.2) is 6.10 Å². The quantitative estimate of drug-likeness (QED) is 0.184. The lowest BCUT2D eigenvalue weighted by Crippen LogP contribution is -2.37. The van der Waals surface area contributed by atoms with Gasteiger partial charge >= 0.3 is 18.0 Å². The van der Waals surface area contributed by atoms with Crippen molar-refractivity contribution in [1.82, 2.24) is 5.32 Å². The monoisotopic (exact) mass is 483 g/mol. The second-order valence-electron chi connectivity index (χ2n) is 10.3. The van der Waals surface area contributed by atoms with Crippen molar-refractivity contribution in [3.8, 4) is 0 Å². The first-order valence-corrected chi connectivity index (χ1v) is 12.1. The highest BCUT2D eigenvalue weighted by atomic mass is 16.6. The average molecular weight is 484 g/mol. The van der Waals surface area contributed by atoms with E-state index in [1.54, 1.807) is 6.92 Å². The van der Waals surface area contributed by atoms with Crippen LogP contribution in [0.25, 0.3) is 0 Å². The van der Waals surface area contributed by atoms with E-state index in [-0.39, 0.29) is 42.9 Å². The van der Waals surface area contributed by atoms with Crippen LogP contribution in [0.2, 0.25) is 0 Å². The predicted octanol–water partition coefficient (Wildman–Crippen LogP) is 3.40. The van der Waals surface area contributed by atoms with E-state index in [9.17, 15) is 14.4 Å². The van der Waals surface area contributed by atoms with Gasteiger partial charge in [-0.05, 0) is 37.5 Å². The van der Waals surface area contributed by atoms with E-state index in [0.29, 0.717) is 50.0 Å². The summed E-state index contributed by atoms with van der Waals surface area (Å²) in [5, 5.41) is 2.82. The van der Waals surface area contributed by atoms with E-state index in [2.05, 4.69) is 39.6 Å². The summed E-state index contributed by atoms with van der Waals surface area (Å²) < 4.78 is 26.9. The lowest BCUT2D eigenvalue weighted by molar-refractivity contribution is -0.150. The van der Waals surface area contributed by atoms with E-state index >= 15 is 0 Å². The molecule has 194 valence electrons. The maximum atomic E-state index is 12.2. The highest BCUT2D eigenvalue weighted by molar-refractivity contribution is 5.86. The Bertz CT molecular complexity index is 722. The second-order valence-corrected chi connectivity index (χ2v) is 10.3. The Morgan fingerprint density at radius 1 is 1.12 bits per heavy atom. The maximum Gasteiger partial charge on any atom is 0.407 e. The topological polar surface area (TPSA) is 109 Å². The Hall–Kier alpha value is -2.13. The van der Waals surface area contributed by atoms with Crippen LogP contribution in [0.15, 0.2) is 12.2 Å². The van der Waals surface area contributed by atoms with Crippen LogP contribution < -0.4 is 5.32 Å². The number of nitrogens with one attached hydrogen (secondary N) is 1. The van der Waals surface area contributed by atoms with Crippen LogP contribution in [0, 0.1) is 17.3 Å². The summed E-state index contributed by atoms with van der Waals surface area (Å²) in [7, 11) is 0. The van der Waals surface area contributed by atoms with Crippen molar-refractivity contribution in [2.24, 2.45) is 17.3 Å². The van der Waals surface area contributed by atoms with Crippen LogP contribution >= 0.6 is 0 Å². The van der Waals surface area contributed by atoms with Gasteiger partial charge in [0.05, 0.1) is 19.3 Å². The van der Waals surface area contributed by atoms with Gasteiger partial charge in [-0.15, -0.1) is 0 Å². The molecule has 2 fully saturated rings. The fourth-order valence-corrected chi connectivity index (χ4v) is 4.43. The molecule has 0 aromatic rings. The molecular weight excluding hydrogens is 442 g/mol. The van der Waals surface area contributed by atoms with Crippen molar-refractivity contribution in [3.63, 3.8) is 0 Å². The zero-order valence-corrected chi connectivity index (χ0v) is 21.2. The number of alkyl carbamates (subject to hydrolysis) is 1. The molecule has 0 aliphatic carbocycles. The van der Waals surface area contributed by atoms with Gasteiger partial charge in [-0.25, -0.2) is 9.59 Å². The van der Waals surface area contributed by atoms with Crippen molar-refractivity contribution in [3.05, 3.63) is 12.2 Å². The molecule has 2 rings (SSSR count). The molecule has 2 aliphatic heterocycles. The van der Waals surface area contributed by atoms with E-state index in [0.717, 1.165) is 12.8 Å². The van der Waals surface area contributed by atoms with Gasteiger partial charge in [-0.2, -0.15) is 0 Å². The zero-order chi connectivity index (χ0) is 25.3. The molecule has 9 heteroatoms. The first-order chi connectivity index (χ1) is 16.0. The Morgan fingerprint density at radius 3 is 2.50 bits per heavy atom. The molecule has 0 spiro atoms. The molecule has 0 radical (unpaired) electrons. The van der Waals surface area contributed by atoms with Gasteiger partial charge in [-0.1, -0.05) is 34.3 Å². The standard InChI is InChI=1S/C25H41NO8/c1-16(2)23(28)31-12-11-30-20(27)7-9-25(5,6)13-17(3)8-10-26-24(29)34-19-15-33-21-18(4)14-32-22(19)21/h17-19,21-22H,1,7-15H2,2-6H3,(H,26,29)/t17?,18-,19+,21+,22+/m0/s1. The summed E-state index contributed by atoms with van der Waals surface area (Å²) in [4.78, 5) is 35.4. The number of hydrogen-bond donors (Lipinski definition) is 1. The minimum atomic E-state index is -0.493. The van der Waals surface area contributed by atoms with Crippen molar-refractivity contribution in [2.45, 2.75) is 78.6 Å². The number of ether oxygens (including phenoxy) is 5. The van der Waals surface area contributed by atoms with E-state index in [1.807, 2.05) is 0 Å². The van der Waals surface area contributed by atoms with Crippen LogP contribution in [0.5, 0.6) is 0 Å². The largest absolute Gasteiger partial charge is 0.462 e. The first-order valence-electron chi connectivity index (χ1n) is 12.1. The summed E-state index contributed by atoms with van der Waals surface area (Å²) in [6.07, 6.45) is 1.72.